The van der Waals surface area contributed by atoms with Gasteiger partial charge in [0.2, 0.25) is 0 Å². The van der Waals surface area contributed by atoms with Gasteiger partial charge in [-0.15, -0.1) is 11.3 Å². The maximum atomic E-state index is 12.6. The Labute approximate surface area is 182 Å². The summed E-state index contributed by atoms with van der Waals surface area (Å²) in [5.74, 6) is -0.234. The van der Waals surface area contributed by atoms with Crippen molar-refractivity contribution in [1.82, 2.24) is 15.4 Å². The molecule has 0 unspecified atom stereocenters. The standard InChI is InChI=1S/C22H21N5OS2/c28-21(16-13-23-17-8-3-2-7-15(16)17)26-24-14-19-20(18-9-6-12-29-18)25-22(30-19)27-10-4-1-5-11-27/h2-3,6-9,12-14,23H,1,4-5,10-11H2,(H,26,28)/b24-14+. The first-order valence-electron chi connectivity index (χ1n) is 9.99. The van der Waals surface area contributed by atoms with Gasteiger partial charge in [-0.1, -0.05) is 35.6 Å². The number of carbonyl (C=O) groups excluding carboxylic acids is 1. The molecule has 4 heterocycles. The summed E-state index contributed by atoms with van der Waals surface area (Å²) in [5.41, 5.74) is 5.11. The fraction of sp³-hybridized carbons (Fsp3) is 0.227. The van der Waals surface area contributed by atoms with E-state index in [1.165, 1.54) is 19.3 Å². The molecule has 1 aromatic carbocycles. The summed E-state index contributed by atoms with van der Waals surface area (Å²) in [7, 11) is 0. The number of hydrogen-bond acceptors (Lipinski definition) is 6. The van der Waals surface area contributed by atoms with Gasteiger partial charge < -0.3 is 9.88 Å². The number of aromatic amines is 1. The lowest BCUT2D eigenvalue weighted by Gasteiger charge is -2.25. The van der Waals surface area contributed by atoms with E-state index in [9.17, 15) is 4.79 Å². The molecular weight excluding hydrogens is 414 g/mol. The number of piperidine rings is 1. The summed E-state index contributed by atoms with van der Waals surface area (Å²) >= 11 is 3.29. The number of carbonyl (C=O) groups is 1. The Morgan fingerprint density at radius 2 is 2.03 bits per heavy atom. The van der Waals surface area contributed by atoms with Crippen LogP contribution in [-0.2, 0) is 0 Å². The van der Waals surface area contributed by atoms with E-state index in [4.69, 9.17) is 4.98 Å². The van der Waals surface area contributed by atoms with Crippen molar-refractivity contribution in [2.24, 2.45) is 5.10 Å². The van der Waals surface area contributed by atoms with Crippen molar-refractivity contribution in [2.75, 3.05) is 18.0 Å². The molecule has 1 fully saturated rings. The number of benzene rings is 1. The van der Waals surface area contributed by atoms with E-state index in [0.717, 1.165) is 44.6 Å². The van der Waals surface area contributed by atoms with Gasteiger partial charge in [0.15, 0.2) is 5.13 Å². The Kier molecular flexibility index (Phi) is 5.33. The van der Waals surface area contributed by atoms with Gasteiger partial charge in [-0.3, -0.25) is 4.79 Å². The number of anilines is 1. The number of aromatic nitrogens is 2. The summed E-state index contributed by atoms with van der Waals surface area (Å²) in [6.07, 6.45) is 7.13. The van der Waals surface area contributed by atoms with Crippen molar-refractivity contribution in [2.45, 2.75) is 19.3 Å². The van der Waals surface area contributed by atoms with Crippen LogP contribution < -0.4 is 10.3 Å². The zero-order chi connectivity index (χ0) is 20.3. The summed E-state index contributed by atoms with van der Waals surface area (Å²) in [6.45, 7) is 2.09. The highest BCUT2D eigenvalue weighted by molar-refractivity contribution is 7.18. The van der Waals surface area contributed by atoms with Crippen molar-refractivity contribution in [3.05, 3.63) is 58.4 Å². The van der Waals surface area contributed by atoms with Crippen LogP contribution in [0.25, 0.3) is 21.5 Å². The number of hydrazone groups is 1. The number of H-pyrrole nitrogens is 1. The third kappa shape index (κ3) is 3.76. The molecule has 0 saturated carbocycles. The second-order valence-corrected chi connectivity index (χ2v) is 9.14. The first kappa shape index (κ1) is 19.0. The third-order valence-corrected chi connectivity index (χ3v) is 7.13. The van der Waals surface area contributed by atoms with E-state index in [2.05, 4.69) is 31.9 Å². The molecule has 0 atom stereocenters. The van der Waals surface area contributed by atoms with E-state index >= 15 is 0 Å². The van der Waals surface area contributed by atoms with Crippen LogP contribution in [0.3, 0.4) is 0 Å². The lowest BCUT2D eigenvalue weighted by Crippen LogP contribution is -2.29. The first-order valence-corrected chi connectivity index (χ1v) is 11.7. The zero-order valence-electron chi connectivity index (χ0n) is 16.3. The Morgan fingerprint density at radius 1 is 1.17 bits per heavy atom. The predicted octanol–water partition coefficient (Wildman–Crippen LogP) is 5.11. The van der Waals surface area contributed by atoms with Crippen molar-refractivity contribution < 1.29 is 4.79 Å². The second-order valence-electron chi connectivity index (χ2n) is 7.18. The number of hydrogen-bond donors (Lipinski definition) is 2. The minimum atomic E-state index is -0.234. The summed E-state index contributed by atoms with van der Waals surface area (Å²) < 4.78 is 0. The number of thiophene rings is 1. The summed E-state index contributed by atoms with van der Waals surface area (Å²) in [6, 6.07) is 11.8. The maximum absolute atomic E-state index is 12.6. The first-order chi connectivity index (χ1) is 14.8. The number of nitrogens with one attached hydrogen (secondary N) is 2. The Bertz CT molecular complexity index is 1190. The molecule has 152 valence electrons. The highest BCUT2D eigenvalue weighted by Gasteiger charge is 2.19. The molecule has 30 heavy (non-hydrogen) atoms. The van der Waals surface area contributed by atoms with E-state index in [1.807, 2.05) is 30.3 Å². The molecule has 3 aromatic heterocycles. The van der Waals surface area contributed by atoms with Gasteiger partial charge in [-0.05, 0) is 36.8 Å². The number of para-hydroxylation sites is 1. The smallest absolute Gasteiger partial charge is 0.273 e. The third-order valence-electron chi connectivity index (χ3n) is 5.21. The summed E-state index contributed by atoms with van der Waals surface area (Å²) in [4.78, 5) is 25.1. The Balaban J connectivity index is 1.38. The fourth-order valence-corrected chi connectivity index (χ4v) is 5.48. The summed E-state index contributed by atoms with van der Waals surface area (Å²) in [5, 5.41) is 8.22. The van der Waals surface area contributed by atoms with Crippen LogP contribution in [0.4, 0.5) is 5.13 Å². The van der Waals surface area contributed by atoms with E-state index in [1.54, 1.807) is 35.1 Å². The van der Waals surface area contributed by atoms with Crippen LogP contribution in [0.15, 0.2) is 53.1 Å². The van der Waals surface area contributed by atoms with Crippen molar-refractivity contribution >= 4 is 50.8 Å². The van der Waals surface area contributed by atoms with E-state index in [-0.39, 0.29) is 5.91 Å². The van der Waals surface area contributed by atoms with Gasteiger partial charge in [-0.25, -0.2) is 10.4 Å². The average molecular weight is 436 g/mol. The molecule has 1 aliphatic rings. The van der Waals surface area contributed by atoms with Gasteiger partial charge in [0.05, 0.1) is 21.5 Å². The van der Waals surface area contributed by atoms with Gasteiger partial charge >= 0.3 is 0 Å². The van der Waals surface area contributed by atoms with E-state index < -0.39 is 0 Å². The molecule has 5 rings (SSSR count). The predicted molar refractivity (Wildman–Crippen MR) is 125 cm³/mol. The van der Waals surface area contributed by atoms with E-state index in [0.29, 0.717) is 5.56 Å². The molecule has 4 aromatic rings. The van der Waals surface area contributed by atoms with Gasteiger partial charge in [0, 0.05) is 30.2 Å². The lowest BCUT2D eigenvalue weighted by molar-refractivity contribution is 0.0957. The van der Waals surface area contributed by atoms with Gasteiger partial charge in [0.1, 0.15) is 5.69 Å². The molecule has 8 heteroatoms. The van der Waals surface area contributed by atoms with Crippen molar-refractivity contribution in [3.63, 3.8) is 0 Å². The Morgan fingerprint density at radius 3 is 2.87 bits per heavy atom. The average Bonchev–Trinajstić information content (AvgIpc) is 3.53. The second kappa shape index (κ2) is 8.41. The van der Waals surface area contributed by atoms with Crippen LogP contribution in [0.2, 0.25) is 0 Å². The minimum Gasteiger partial charge on any atom is -0.360 e. The lowest BCUT2D eigenvalue weighted by atomic mass is 10.1. The van der Waals surface area contributed by atoms with Crippen LogP contribution in [0.1, 0.15) is 34.5 Å². The molecule has 1 aliphatic heterocycles. The SMILES string of the molecule is O=C(N/N=C/c1sc(N2CCCCC2)nc1-c1cccs1)c1c[nH]c2ccccc12. The molecule has 0 radical (unpaired) electrons. The Hall–Kier alpha value is -2.97. The van der Waals surface area contributed by atoms with Crippen LogP contribution >= 0.6 is 22.7 Å². The highest BCUT2D eigenvalue weighted by atomic mass is 32.1. The molecule has 0 aliphatic carbocycles. The van der Waals surface area contributed by atoms with Gasteiger partial charge in [-0.2, -0.15) is 5.10 Å². The quantitative estimate of drug-likeness (QED) is 0.338. The molecule has 2 N–H and O–H groups in total. The zero-order valence-corrected chi connectivity index (χ0v) is 17.9. The number of rotatable bonds is 5. The minimum absolute atomic E-state index is 0.234. The largest absolute Gasteiger partial charge is 0.360 e. The molecule has 0 bridgehead atoms. The molecule has 1 amide bonds. The van der Waals surface area contributed by atoms with Crippen molar-refractivity contribution in [3.8, 4) is 10.6 Å². The van der Waals surface area contributed by atoms with Crippen LogP contribution in [0.5, 0.6) is 0 Å². The normalized spacial score (nSPS) is 14.6. The van der Waals surface area contributed by atoms with Gasteiger partial charge in [0.25, 0.3) is 5.91 Å². The molecule has 0 spiro atoms. The molecular formula is C22H21N5OS2. The maximum Gasteiger partial charge on any atom is 0.273 e. The number of fused-ring (bicyclic) bond motifs is 1. The number of nitrogens with zero attached hydrogens (tertiary/aromatic N) is 3. The fourth-order valence-electron chi connectivity index (χ4n) is 3.69. The van der Waals surface area contributed by atoms with Crippen molar-refractivity contribution in [1.29, 1.82) is 0 Å². The number of amides is 1. The number of thiazole rings is 1. The highest BCUT2D eigenvalue weighted by Crippen LogP contribution is 2.35. The molecule has 6 nitrogen and oxygen atoms in total. The van der Waals surface area contributed by atoms with Crippen LogP contribution in [0, 0.1) is 0 Å². The monoisotopic (exact) mass is 435 g/mol. The topological polar surface area (TPSA) is 73.4 Å². The van der Waals surface area contributed by atoms with Crippen LogP contribution in [-0.4, -0.2) is 35.2 Å². The molecule has 1 saturated heterocycles.